The minimum absolute atomic E-state index is 0.0521. The number of hydrogen-bond acceptors (Lipinski definition) is 4. The van der Waals surface area contributed by atoms with Crippen LogP contribution in [0.25, 0.3) is 0 Å². The Bertz CT molecular complexity index is 987. The number of carbonyl (C=O) groups excluding carboxylic acids is 2. The monoisotopic (exact) mass is 401 g/mol. The number of hydrogen-bond donors (Lipinski definition) is 2. The number of benzene rings is 2. The topological polar surface area (TPSA) is 110 Å². The lowest BCUT2D eigenvalue weighted by Crippen LogP contribution is -2.28. The second-order valence-electron chi connectivity index (χ2n) is 7.16. The van der Waals surface area contributed by atoms with Gasteiger partial charge >= 0.3 is 0 Å². The number of anilines is 1. The van der Waals surface area contributed by atoms with E-state index in [1.54, 1.807) is 29.2 Å². The molecule has 0 saturated carbocycles. The number of amides is 2. The van der Waals surface area contributed by atoms with Crippen molar-refractivity contribution in [1.82, 2.24) is 4.90 Å². The summed E-state index contributed by atoms with van der Waals surface area (Å²) in [4.78, 5) is 26.5. The first kappa shape index (κ1) is 20.0. The summed E-state index contributed by atoms with van der Waals surface area (Å²) >= 11 is 0. The zero-order valence-electron chi connectivity index (χ0n) is 15.6. The molecule has 0 radical (unpaired) electrons. The SMILES string of the molecule is Cc1ccc(CN2CC(C(=O)Nc3cccc(CS(N)(=O)=O)c3)CC2=O)cc1. The Labute approximate surface area is 164 Å². The summed E-state index contributed by atoms with van der Waals surface area (Å²) in [5, 5.41) is 7.83. The van der Waals surface area contributed by atoms with Crippen molar-refractivity contribution in [1.29, 1.82) is 0 Å². The maximum Gasteiger partial charge on any atom is 0.229 e. The molecule has 1 aliphatic heterocycles. The van der Waals surface area contributed by atoms with Crippen LogP contribution in [0.2, 0.25) is 0 Å². The van der Waals surface area contributed by atoms with Crippen LogP contribution < -0.4 is 10.5 Å². The molecule has 1 saturated heterocycles. The van der Waals surface area contributed by atoms with E-state index in [9.17, 15) is 18.0 Å². The van der Waals surface area contributed by atoms with Crippen LogP contribution >= 0.6 is 0 Å². The van der Waals surface area contributed by atoms with Gasteiger partial charge in [0.2, 0.25) is 21.8 Å². The molecule has 1 unspecified atom stereocenters. The summed E-state index contributed by atoms with van der Waals surface area (Å²) in [7, 11) is -3.65. The molecule has 0 bridgehead atoms. The van der Waals surface area contributed by atoms with Crippen molar-refractivity contribution in [3.8, 4) is 0 Å². The lowest BCUT2D eigenvalue weighted by Gasteiger charge is -2.17. The Balaban J connectivity index is 1.61. The van der Waals surface area contributed by atoms with Crippen molar-refractivity contribution in [3.05, 3.63) is 65.2 Å². The molecule has 148 valence electrons. The van der Waals surface area contributed by atoms with Gasteiger partial charge in [-0.15, -0.1) is 0 Å². The maximum absolute atomic E-state index is 12.6. The highest BCUT2D eigenvalue weighted by Gasteiger charge is 2.34. The molecule has 0 aromatic heterocycles. The van der Waals surface area contributed by atoms with E-state index >= 15 is 0 Å². The Morgan fingerprint density at radius 1 is 1.18 bits per heavy atom. The second-order valence-corrected chi connectivity index (χ2v) is 8.77. The third kappa shape index (κ3) is 5.40. The van der Waals surface area contributed by atoms with Crippen molar-refractivity contribution < 1.29 is 18.0 Å². The highest BCUT2D eigenvalue weighted by molar-refractivity contribution is 7.88. The Hall–Kier alpha value is -2.71. The van der Waals surface area contributed by atoms with E-state index in [-0.39, 0.29) is 24.0 Å². The molecule has 2 aromatic rings. The molecule has 1 fully saturated rings. The zero-order valence-corrected chi connectivity index (χ0v) is 16.4. The molecule has 0 aliphatic carbocycles. The molecule has 1 atom stereocenters. The van der Waals surface area contributed by atoms with Gasteiger partial charge in [-0.1, -0.05) is 42.0 Å². The van der Waals surface area contributed by atoms with Crippen LogP contribution in [0.3, 0.4) is 0 Å². The molecule has 3 N–H and O–H groups in total. The number of nitrogens with two attached hydrogens (primary N) is 1. The summed E-state index contributed by atoms with van der Waals surface area (Å²) in [5.41, 5.74) is 3.15. The number of rotatable bonds is 6. The van der Waals surface area contributed by atoms with Gasteiger partial charge in [-0.05, 0) is 30.2 Å². The summed E-state index contributed by atoms with van der Waals surface area (Å²) in [5.74, 6) is -1.06. The summed E-state index contributed by atoms with van der Waals surface area (Å²) < 4.78 is 22.5. The smallest absolute Gasteiger partial charge is 0.229 e. The Morgan fingerprint density at radius 3 is 2.57 bits per heavy atom. The molecule has 7 nitrogen and oxygen atoms in total. The van der Waals surface area contributed by atoms with Crippen molar-refractivity contribution in [2.24, 2.45) is 11.1 Å². The first-order chi connectivity index (χ1) is 13.2. The number of aryl methyl sites for hydroxylation is 1. The number of nitrogens with one attached hydrogen (secondary N) is 1. The Kier molecular flexibility index (Phi) is 5.81. The van der Waals surface area contributed by atoms with Gasteiger partial charge in [-0.2, -0.15) is 0 Å². The number of nitrogens with zero attached hydrogens (tertiary/aromatic N) is 1. The highest BCUT2D eigenvalue weighted by atomic mass is 32.2. The molecule has 0 spiro atoms. The molecule has 1 heterocycles. The predicted molar refractivity (Wildman–Crippen MR) is 107 cm³/mol. The van der Waals surface area contributed by atoms with Gasteiger partial charge in [0.1, 0.15) is 0 Å². The van der Waals surface area contributed by atoms with Crippen molar-refractivity contribution in [3.63, 3.8) is 0 Å². The van der Waals surface area contributed by atoms with E-state index in [0.717, 1.165) is 11.1 Å². The minimum Gasteiger partial charge on any atom is -0.338 e. The third-order valence-electron chi connectivity index (χ3n) is 4.64. The second kappa shape index (κ2) is 8.12. The van der Waals surface area contributed by atoms with Gasteiger partial charge in [0.25, 0.3) is 0 Å². The molecular weight excluding hydrogens is 378 g/mol. The maximum atomic E-state index is 12.6. The van der Waals surface area contributed by atoms with Gasteiger partial charge in [-0.25, -0.2) is 13.6 Å². The van der Waals surface area contributed by atoms with E-state index in [1.165, 1.54) is 0 Å². The fraction of sp³-hybridized carbons (Fsp3) is 0.300. The number of carbonyl (C=O) groups is 2. The lowest BCUT2D eigenvalue weighted by atomic mass is 10.1. The summed E-state index contributed by atoms with van der Waals surface area (Å²) in [6.45, 7) is 2.84. The van der Waals surface area contributed by atoms with Crippen LogP contribution in [-0.4, -0.2) is 31.7 Å². The van der Waals surface area contributed by atoms with Crippen LogP contribution in [0.4, 0.5) is 5.69 Å². The highest BCUT2D eigenvalue weighted by Crippen LogP contribution is 2.22. The third-order valence-corrected chi connectivity index (χ3v) is 5.38. The number of sulfonamides is 1. The van der Waals surface area contributed by atoms with Crippen molar-refractivity contribution in [2.45, 2.75) is 25.6 Å². The van der Waals surface area contributed by atoms with Gasteiger partial charge in [0.15, 0.2) is 0 Å². The summed E-state index contributed by atoms with van der Waals surface area (Å²) in [6.07, 6.45) is 0.161. The summed E-state index contributed by atoms with van der Waals surface area (Å²) in [6, 6.07) is 14.5. The van der Waals surface area contributed by atoms with Crippen LogP contribution in [0.15, 0.2) is 48.5 Å². The van der Waals surface area contributed by atoms with Crippen LogP contribution in [0, 0.1) is 12.8 Å². The molecular formula is C20H23N3O4S. The van der Waals surface area contributed by atoms with E-state index in [0.29, 0.717) is 24.3 Å². The van der Waals surface area contributed by atoms with Crippen LogP contribution in [0.5, 0.6) is 0 Å². The van der Waals surface area contributed by atoms with Crippen LogP contribution in [-0.2, 0) is 31.9 Å². The molecule has 2 amide bonds. The zero-order chi connectivity index (χ0) is 20.3. The first-order valence-electron chi connectivity index (χ1n) is 8.93. The van der Waals surface area contributed by atoms with Gasteiger partial charge < -0.3 is 10.2 Å². The quantitative estimate of drug-likeness (QED) is 0.769. The first-order valence-corrected chi connectivity index (χ1v) is 10.6. The van der Waals surface area contributed by atoms with Crippen molar-refractivity contribution in [2.75, 3.05) is 11.9 Å². The molecule has 8 heteroatoms. The number of primary sulfonamides is 1. The molecule has 2 aromatic carbocycles. The average Bonchev–Trinajstić information content (AvgIpc) is 2.97. The fourth-order valence-corrected chi connectivity index (χ4v) is 3.87. The van der Waals surface area contributed by atoms with E-state index in [4.69, 9.17) is 5.14 Å². The molecule has 28 heavy (non-hydrogen) atoms. The van der Waals surface area contributed by atoms with Gasteiger partial charge in [-0.3, -0.25) is 9.59 Å². The van der Waals surface area contributed by atoms with E-state index < -0.39 is 15.9 Å². The predicted octanol–water partition coefficient (Wildman–Crippen LogP) is 1.77. The van der Waals surface area contributed by atoms with Crippen molar-refractivity contribution >= 4 is 27.5 Å². The lowest BCUT2D eigenvalue weighted by molar-refractivity contribution is -0.128. The molecule has 1 aliphatic rings. The largest absolute Gasteiger partial charge is 0.338 e. The fourth-order valence-electron chi connectivity index (χ4n) is 3.23. The Morgan fingerprint density at radius 2 is 1.89 bits per heavy atom. The molecule has 3 rings (SSSR count). The average molecular weight is 401 g/mol. The van der Waals surface area contributed by atoms with Gasteiger partial charge in [0.05, 0.1) is 11.7 Å². The van der Waals surface area contributed by atoms with Gasteiger partial charge in [0, 0.05) is 25.2 Å². The number of likely N-dealkylation sites (tertiary alicyclic amines) is 1. The normalized spacial score (nSPS) is 17.0. The minimum atomic E-state index is -3.65. The van der Waals surface area contributed by atoms with E-state index in [1.807, 2.05) is 31.2 Å². The van der Waals surface area contributed by atoms with E-state index in [2.05, 4.69) is 5.32 Å². The van der Waals surface area contributed by atoms with Crippen LogP contribution in [0.1, 0.15) is 23.1 Å². The standard InChI is InChI=1S/C20H23N3O4S/c1-14-5-7-15(8-6-14)11-23-12-17(10-19(23)24)20(25)22-18-4-2-3-16(9-18)13-28(21,26)27/h2-9,17H,10-13H2,1H3,(H,22,25)(H2,21,26,27).